The van der Waals surface area contributed by atoms with E-state index in [-0.39, 0.29) is 0 Å². The van der Waals surface area contributed by atoms with Gasteiger partial charge >= 0.3 is 0 Å². The lowest BCUT2D eigenvalue weighted by molar-refractivity contribution is -0.125. The smallest absolute Gasteiger partial charge is 0.223 e. The van der Waals surface area contributed by atoms with Gasteiger partial charge in [0.2, 0.25) is 5.91 Å². The molecule has 2 atom stereocenters. The second kappa shape index (κ2) is 8.06. The van der Waals surface area contributed by atoms with Gasteiger partial charge in [0, 0.05) is 49.7 Å². The van der Waals surface area contributed by atoms with Gasteiger partial charge in [-0.1, -0.05) is 37.5 Å². The minimum absolute atomic E-state index is 0.293. The zero-order chi connectivity index (χ0) is 18.9. The van der Waals surface area contributed by atoms with Crippen LogP contribution in [-0.2, 0) is 11.2 Å². The molecule has 152 valence electrons. The molecular formula is C24H35N3O. The largest absolute Gasteiger partial charge is 0.367 e. The van der Waals surface area contributed by atoms with Crippen LogP contribution in [0.4, 0.5) is 5.69 Å². The second-order valence-corrected chi connectivity index (χ2v) is 9.39. The average Bonchev–Trinajstić information content (AvgIpc) is 3.31. The molecule has 3 heterocycles. The Bertz CT molecular complexity index is 712. The normalized spacial score (nSPS) is 26.9. The highest BCUT2D eigenvalue weighted by Gasteiger charge is 2.44. The number of anilines is 1. The summed E-state index contributed by atoms with van der Waals surface area (Å²) in [5, 5.41) is 3.20. The van der Waals surface area contributed by atoms with E-state index in [9.17, 15) is 4.79 Å². The molecule has 4 aliphatic rings. The molecule has 4 heteroatoms. The molecule has 2 fully saturated rings. The molecule has 1 saturated heterocycles. The first kappa shape index (κ1) is 18.5. The van der Waals surface area contributed by atoms with E-state index < -0.39 is 0 Å². The third-order valence-corrected chi connectivity index (χ3v) is 7.70. The van der Waals surface area contributed by atoms with Crippen LogP contribution in [0, 0.1) is 5.92 Å². The molecule has 1 N–H and O–H groups in total. The fourth-order valence-corrected chi connectivity index (χ4v) is 6.22. The Labute approximate surface area is 169 Å². The lowest BCUT2D eigenvalue weighted by Gasteiger charge is -2.38. The summed E-state index contributed by atoms with van der Waals surface area (Å²) in [7, 11) is 0. The number of fused-ring (bicyclic) bond motifs is 3. The maximum Gasteiger partial charge on any atom is 0.223 e. The standard InChI is InChI=1S/C24H35N3O/c28-24(19-7-2-1-3-8-19)25-13-4-5-14-26-15-12-22-21(17-26)20-10-6-9-18-11-16-27(22)23(18)20/h6,9-10,19,21-22H,1-5,7-8,11-17H2,(H,25,28)/t21-,22-/m1/s1. The van der Waals surface area contributed by atoms with Crippen LogP contribution in [0.25, 0.3) is 0 Å². The molecule has 28 heavy (non-hydrogen) atoms. The second-order valence-electron chi connectivity index (χ2n) is 9.39. The van der Waals surface area contributed by atoms with Gasteiger partial charge in [0.1, 0.15) is 0 Å². The number of carbonyl (C=O) groups excluding carboxylic acids is 1. The molecule has 1 aliphatic carbocycles. The van der Waals surface area contributed by atoms with Gasteiger partial charge in [0.05, 0.1) is 0 Å². The van der Waals surface area contributed by atoms with Crippen molar-refractivity contribution in [2.75, 3.05) is 37.6 Å². The van der Waals surface area contributed by atoms with Crippen molar-refractivity contribution in [2.24, 2.45) is 5.92 Å². The molecule has 0 bridgehead atoms. The van der Waals surface area contributed by atoms with E-state index in [0.717, 1.165) is 31.8 Å². The van der Waals surface area contributed by atoms with Crippen molar-refractivity contribution in [3.63, 3.8) is 0 Å². The van der Waals surface area contributed by atoms with E-state index in [4.69, 9.17) is 0 Å². The van der Waals surface area contributed by atoms with Crippen LogP contribution >= 0.6 is 0 Å². The number of para-hydroxylation sites is 1. The summed E-state index contributed by atoms with van der Waals surface area (Å²) in [5.74, 6) is 1.31. The minimum Gasteiger partial charge on any atom is -0.367 e. The molecule has 1 saturated carbocycles. The van der Waals surface area contributed by atoms with Gasteiger partial charge in [-0.25, -0.2) is 0 Å². The number of nitrogens with zero attached hydrogens (tertiary/aromatic N) is 2. The van der Waals surface area contributed by atoms with Gasteiger partial charge < -0.3 is 15.1 Å². The molecule has 0 aromatic heterocycles. The molecule has 0 radical (unpaired) electrons. The van der Waals surface area contributed by atoms with Crippen molar-refractivity contribution < 1.29 is 4.79 Å². The summed E-state index contributed by atoms with van der Waals surface area (Å²) in [4.78, 5) is 17.6. The first-order valence-electron chi connectivity index (χ1n) is 11.7. The molecule has 4 nitrogen and oxygen atoms in total. The number of unbranched alkanes of at least 4 members (excludes halogenated alkanes) is 1. The van der Waals surface area contributed by atoms with Crippen LogP contribution in [-0.4, -0.2) is 49.6 Å². The van der Waals surface area contributed by atoms with Crippen LogP contribution in [0.5, 0.6) is 0 Å². The molecular weight excluding hydrogens is 346 g/mol. The van der Waals surface area contributed by atoms with Gasteiger partial charge in [-0.15, -0.1) is 0 Å². The number of rotatable bonds is 6. The van der Waals surface area contributed by atoms with Crippen molar-refractivity contribution in [1.82, 2.24) is 10.2 Å². The van der Waals surface area contributed by atoms with Gasteiger partial charge in [-0.05, 0) is 56.2 Å². The highest BCUT2D eigenvalue weighted by atomic mass is 16.1. The fourth-order valence-electron chi connectivity index (χ4n) is 6.22. The van der Waals surface area contributed by atoms with E-state index in [1.165, 1.54) is 64.7 Å². The van der Waals surface area contributed by atoms with E-state index in [1.54, 1.807) is 16.8 Å². The molecule has 0 spiro atoms. The quantitative estimate of drug-likeness (QED) is 0.763. The van der Waals surface area contributed by atoms with E-state index in [1.807, 2.05) is 0 Å². The Balaban J connectivity index is 1.07. The van der Waals surface area contributed by atoms with Gasteiger partial charge in [0.25, 0.3) is 0 Å². The van der Waals surface area contributed by atoms with Crippen molar-refractivity contribution >= 4 is 11.6 Å². The van der Waals surface area contributed by atoms with Gasteiger partial charge in [0.15, 0.2) is 0 Å². The minimum atomic E-state index is 0.293. The molecule has 3 aliphatic heterocycles. The predicted molar refractivity (Wildman–Crippen MR) is 114 cm³/mol. The summed E-state index contributed by atoms with van der Waals surface area (Å²) in [6.45, 7) is 5.71. The molecule has 1 aromatic rings. The summed E-state index contributed by atoms with van der Waals surface area (Å²) in [5.41, 5.74) is 4.78. The van der Waals surface area contributed by atoms with Crippen molar-refractivity contribution in [2.45, 2.75) is 69.7 Å². The third kappa shape index (κ3) is 3.45. The zero-order valence-corrected chi connectivity index (χ0v) is 17.2. The van der Waals surface area contributed by atoms with Crippen LogP contribution in [0.1, 0.15) is 68.4 Å². The zero-order valence-electron chi connectivity index (χ0n) is 17.2. The molecule has 1 aromatic carbocycles. The maximum atomic E-state index is 12.2. The van der Waals surface area contributed by atoms with E-state index in [2.05, 4.69) is 33.3 Å². The number of amides is 1. The topological polar surface area (TPSA) is 35.6 Å². The summed E-state index contributed by atoms with van der Waals surface area (Å²) in [6.07, 6.45) is 10.8. The number of hydrogen-bond acceptors (Lipinski definition) is 3. The summed E-state index contributed by atoms with van der Waals surface area (Å²) < 4.78 is 0. The highest BCUT2D eigenvalue weighted by Crippen LogP contribution is 2.49. The van der Waals surface area contributed by atoms with Crippen LogP contribution in [0.2, 0.25) is 0 Å². The predicted octanol–water partition coefficient (Wildman–Crippen LogP) is 3.70. The number of hydrogen-bond donors (Lipinski definition) is 1. The monoisotopic (exact) mass is 381 g/mol. The SMILES string of the molecule is O=C(NCCCCN1CC[C@@H]2[C@H](C1)c1cccc3c1N2CC3)C1CCCCC1. The first-order valence-corrected chi connectivity index (χ1v) is 11.7. The molecule has 1 amide bonds. The van der Waals surface area contributed by atoms with Crippen LogP contribution < -0.4 is 10.2 Å². The number of carbonyl (C=O) groups is 1. The number of benzene rings is 1. The lowest BCUT2D eigenvalue weighted by atomic mass is 9.87. The average molecular weight is 382 g/mol. The van der Waals surface area contributed by atoms with Crippen molar-refractivity contribution in [1.29, 1.82) is 0 Å². The Morgan fingerprint density at radius 1 is 1.07 bits per heavy atom. The van der Waals surface area contributed by atoms with Crippen LogP contribution in [0.15, 0.2) is 18.2 Å². The third-order valence-electron chi connectivity index (χ3n) is 7.70. The highest BCUT2D eigenvalue weighted by molar-refractivity contribution is 5.78. The molecule has 5 rings (SSSR count). The number of nitrogens with one attached hydrogen (secondary N) is 1. The van der Waals surface area contributed by atoms with E-state index in [0.29, 0.717) is 17.7 Å². The van der Waals surface area contributed by atoms with Crippen LogP contribution in [0.3, 0.4) is 0 Å². The van der Waals surface area contributed by atoms with Gasteiger partial charge in [-0.3, -0.25) is 4.79 Å². The maximum absolute atomic E-state index is 12.2. The Hall–Kier alpha value is -1.55. The van der Waals surface area contributed by atoms with Crippen molar-refractivity contribution in [3.8, 4) is 0 Å². The number of likely N-dealkylation sites (tertiary alicyclic amines) is 1. The lowest BCUT2D eigenvalue weighted by Crippen LogP contribution is -2.46. The summed E-state index contributed by atoms with van der Waals surface area (Å²) >= 11 is 0. The van der Waals surface area contributed by atoms with Crippen molar-refractivity contribution in [3.05, 3.63) is 29.3 Å². The Morgan fingerprint density at radius 2 is 1.96 bits per heavy atom. The van der Waals surface area contributed by atoms with Gasteiger partial charge in [-0.2, -0.15) is 0 Å². The fraction of sp³-hybridized carbons (Fsp3) is 0.708. The Morgan fingerprint density at radius 3 is 2.86 bits per heavy atom. The number of piperidine rings is 1. The first-order chi connectivity index (χ1) is 13.8. The molecule has 0 unspecified atom stereocenters. The van der Waals surface area contributed by atoms with E-state index >= 15 is 0 Å². The Kier molecular flexibility index (Phi) is 5.32. The summed E-state index contributed by atoms with van der Waals surface area (Å²) in [6, 6.07) is 7.72.